The summed E-state index contributed by atoms with van der Waals surface area (Å²) in [6.07, 6.45) is 3.32. The fourth-order valence-corrected chi connectivity index (χ4v) is 2.59. The highest BCUT2D eigenvalue weighted by molar-refractivity contribution is 7.99. The van der Waals surface area contributed by atoms with Crippen molar-refractivity contribution in [2.45, 2.75) is 24.0 Å². The standard InChI is InChI=1S/C9H12N4O3S/c10-9-11-4-7(13(14)15)8(12-9)17-5-6-2-1-3-16-6/h4,6H,1-3,5H2,(H2,10,11,12). The molecule has 1 saturated heterocycles. The molecule has 0 saturated carbocycles. The molecule has 2 N–H and O–H groups in total. The van der Waals surface area contributed by atoms with Crippen LogP contribution in [-0.4, -0.2) is 33.4 Å². The normalized spacial score (nSPS) is 19.4. The smallest absolute Gasteiger partial charge is 0.319 e. The largest absolute Gasteiger partial charge is 0.377 e. The molecule has 1 atom stereocenters. The van der Waals surface area contributed by atoms with Crippen molar-refractivity contribution >= 4 is 23.4 Å². The first-order valence-corrected chi connectivity index (χ1v) is 6.16. The van der Waals surface area contributed by atoms with Crippen LogP contribution in [0.4, 0.5) is 11.6 Å². The van der Waals surface area contributed by atoms with E-state index in [1.54, 1.807) is 0 Å². The molecule has 0 aliphatic carbocycles. The third-order valence-corrected chi connectivity index (χ3v) is 3.49. The first-order chi connectivity index (χ1) is 8.16. The molecule has 0 bridgehead atoms. The average Bonchev–Trinajstić information content (AvgIpc) is 2.78. The van der Waals surface area contributed by atoms with Crippen molar-refractivity contribution < 1.29 is 9.66 Å². The van der Waals surface area contributed by atoms with Crippen LogP contribution >= 0.6 is 11.8 Å². The Morgan fingerprint density at radius 2 is 2.53 bits per heavy atom. The molecule has 0 radical (unpaired) electrons. The third-order valence-electron chi connectivity index (χ3n) is 2.38. The SMILES string of the molecule is Nc1ncc([N+](=O)[O-])c(SCC2CCCO2)n1. The molecular formula is C9H12N4O3S. The van der Waals surface area contributed by atoms with Crippen LogP contribution in [0.5, 0.6) is 0 Å². The van der Waals surface area contributed by atoms with E-state index in [-0.39, 0.29) is 17.7 Å². The van der Waals surface area contributed by atoms with E-state index in [1.165, 1.54) is 11.8 Å². The summed E-state index contributed by atoms with van der Waals surface area (Å²) in [6, 6.07) is 0. The summed E-state index contributed by atoms with van der Waals surface area (Å²) >= 11 is 1.29. The number of nitrogens with zero attached hydrogens (tertiary/aromatic N) is 3. The Bertz CT molecular complexity index is 423. The lowest BCUT2D eigenvalue weighted by Gasteiger charge is -2.08. The van der Waals surface area contributed by atoms with Gasteiger partial charge in [-0.25, -0.2) is 4.98 Å². The second kappa shape index (κ2) is 5.28. The minimum absolute atomic E-state index is 0.0467. The van der Waals surface area contributed by atoms with Gasteiger partial charge in [-0.1, -0.05) is 11.8 Å². The van der Waals surface area contributed by atoms with Gasteiger partial charge in [-0.2, -0.15) is 4.98 Å². The zero-order valence-corrected chi connectivity index (χ0v) is 9.85. The lowest BCUT2D eigenvalue weighted by molar-refractivity contribution is -0.388. The molecule has 0 spiro atoms. The van der Waals surface area contributed by atoms with Gasteiger partial charge in [0.1, 0.15) is 6.20 Å². The van der Waals surface area contributed by atoms with E-state index >= 15 is 0 Å². The number of nitrogen functional groups attached to an aromatic ring is 1. The predicted octanol–water partition coefficient (Wildman–Crippen LogP) is 1.24. The molecule has 1 fully saturated rings. The van der Waals surface area contributed by atoms with E-state index in [0.29, 0.717) is 10.8 Å². The molecule has 2 rings (SSSR count). The summed E-state index contributed by atoms with van der Waals surface area (Å²) in [5, 5.41) is 11.1. The Morgan fingerprint density at radius 1 is 1.71 bits per heavy atom. The van der Waals surface area contributed by atoms with Crippen LogP contribution in [0.15, 0.2) is 11.2 Å². The van der Waals surface area contributed by atoms with Crippen molar-refractivity contribution in [2.24, 2.45) is 0 Å². The average molecular weight is 256 g/mol. The highest BCUT2D eigenvalue weighted by Gasteiger charge is 2.21. The Balaban J connectivity index is 2.07. The first kappa shape index (κ1) is 12.1. The van der Waals surface area contributed by atoms with Crippen LogP contribution in [0.3, 0.4) is 0 Å². The minimum Gasteiger partial charge on any atom is -0.377 e. The number of anilines is 1. The molecule has 0 aromatic carbocycles. The number of thioether (sulfide) groups is 1. The Morgan fingerprint density at radius 3 is 3.18 bits per heavy atom. The number of nitro groups is 1. The second-order valence-corrected chi connectivity index (χ2v) is 4.63. The number of aromatic nitrogens is 2. The zero-order chi connectivity index (χ0) is 12.3. The highest BCUT2D eigenvalue weighted by Crippen LogP contribution is 2.29. The quantitative estimate of drug-likeness (QED) is 0.374. The van der Waals surface area contributed by atoms with E-state index in [0.717, 1.165) is 25.6 Å². The molecular weight excluding hydrogens is 244 g/mol. The Hall–Kier alpha value is -1.41. The van der Waals surface area contributed by atoms with Gasteiger partial charge >= 0.3 is 5.69 Å². The van der Waals surface area contributed by atoms with Crippen molar-refractivity contribution in [2.75, 3.05) is 18.1 Å². The summed E-state index contributed by atoms with van der Waals surface area (Å²) in [7, 11) is 0. The topological polar surface area (TPSA) is 104 Å². The molecule has 17 heavy (non-hydrogen) atoms. The van der Waals surface area contributed by atoms with E-state index in [1.807, 2.05) is 0 Å². The number of hydrogen-bond acceptors (Lipinski definition) is 7. The fraction of sp³-hybridized carbons (Fsp3) is 0.556. The number of ether oxygens (including phenoxy) is 1. The first-order valence-electron chi connectivity index (χ1n) is 5.18. The second-order valence-electron chi connectivity index (χ2n) is 3.62. The maximum absolute atomic E-state index is 10.8. The van der Waals surface area contributed by atoms with Crippen molar-refractivity contribution in [3.8, 4) is 0 Å². The minimum atomic E-state index is -0.503. The van der Waals surface area contributed by atoms with Crippen molar-refractivity contribution in [3.63, 3.8) is 0 Å². The van der Waals surface area contributed by atoms with Gasteiger partial charge in [0.25, 0.3) is 0 Å². The lowest BCUT2D eigenvalue weighted by Crippen LogP contribution is -2.09. The van der Waals surface area contributed by atoms with Crippen LogP contribution in [-0.2, 0) is 4.74 Å². The van der Waals surface area contributed by atoms with Gasteiger partial charge in [0.05, 0.1) is 11.0 Å². The van der Waals surface area contributed by atoms with Gasteiger partial charge in [-0.3, -0.25) is 10.1 Å². The molecule has 2 heterocycles. The number of nitrogens with two attached hydrogens (primary N) is 1. The van der Waals surface area contributed by atoms with Crippen LogP contribution in [0.2, 0.25) is 0 Å². The molecule has 92 valence electrons. The molecule has 0 amide bonds. The molecule has 1 aliphatic heterocycles. The summed E-state index contributed by atoms with van der Waals surface area (Å²) in [5.41, 5.74) is 5.31. The number of hydrogen-bond donors (Lipinski definition) is 1. The van der Waals surface area contributed by atoms with E-state index in [9.17, 15) is 10.1 Å². The Kier molecular flexibility index (Phi) is 3.75. The number of rotatable bonds is 4. The summed E-state index contributed by atoms with van der Waals surface area (Å²) < 4.78 is 5.44. The van der Waals surface area contributed by atoms with Gasteiger partial charge in [-0.15, -0.1) is 0 Å². The van der Waals surface area contributed by atoms with Crippen molar-refractivity contribution in [1.29, 1.82) is 0 Å². The summed E-state index contributed by atoms with van der Waals surface area (Å²) in [6.45, 7) is 0.763. The molecule has 7 nitrogen and oxygen atoms in total. The highest BCUT2D eigenvalue weighted by atomic mass is 32.2. The Labute approximate surface area is 102 Å². The van der Waals surface area contributed by atoms with Gasteiger partial charge in [0, 0.05) is 12.4 Å². The molecule has 1 aliphatic rings. The molecule has 1 aromatic heterocycles. The summed E-state index contributed by atoms with van der Waals surface area (Å²) in [5.74, 6) is 0.697. The third kappa shape index (κ3) is 3.04. The maximum Gasteiger partial charge on any atom is 0.319 e. The van der Waals surface area contributed by atoms with Crippen LogP contribution in [0.25, 0.3) is 0 Å². The van der Waals surface area contributed by atoms with Crippen LogP contribution in [0, 0.1) is 10.1 Å². The van der Waals surface area contributed by atoms with Crippen LogP contribution in [0.1, 0.15) is 12.8 Å². The lowest BCUT2D eigenvalue weighted by atomic mass is 10.3. The van der Waals surface area contributed by atoms with Gasteiger partial charge in [0.15, 0.2) is 5.03 Å². The predicted molar refractivity (Wildman–Crippen MR) is 62.8 cm³/mol. The van der Waals surface area contributed by atoms with Gasteiger partial charge in [-0.05, 0) is 12.8 Å². The van der Waals surface area contributed by atoms with Gasteiger partial charge in [0.2, 0.25) is 5.95 Å². The van der Waals surface area contributed by atoms with Crippen LogP contribution < -0.4 is 5.73 Å². The maximum atomic E-state index is 10.8. The monoisotopic (exact) mass is 256 g/mol. The molecule has 1 unspecified atom stereocenters. The van der Waals surface area contributed by atoms with E-state index < -0.39 is 4.92 Å². The summed E-state index contributed by atoms with van der Waals surface area (Å²) in [4.78, 5) is 17.8. The zero-order valence-electron chi connectivity index (χ0n) is 9.04. The van der Waals surface area contributed by atoms with Crippen molar-refractivity contribution in [1.82, 2.24) is 9.97 Å². The molecule has 8 heteroatoms. The van der Waals surface area contributed by atoms with E-state index in [4.69, 9.17) is 10.5 Å². The molecule has 1 aromatic rings. The van der Waals surface area contributed by atoms with Gasteiger partial charge < -0.3 is 10.5 Å². The van der Waals surface area contributed by atoms with Crippen molar-refractivity contribution in [3.05, 3.63) is 16.3 Å². The fourth-order valence-electron chi connectivity index (χ4n) is 1.55. The van der Waals surface area contributed by atoms with E-state index in [2.05, 4.69) is 9.97 Å².